The molecule has 8 heteroatoms. The Kier molecular flexibility index (Phi) is 8.29. The molecule has 2 heterocycles. The molecule has 3 aromatic carbocycles. The van der Waals surface area contributed by atoms with E-state index < -0.39 is 12.0 Å². The molecule has 0 bridgehead atoms. The van der Waals surface area contributed by atoms with Crippen molar-refractivity contribution in [1.29, 1.82) is 0 Å². The maximum atomic E-state index is 14.1. The molecule has 41 heavy (non-hydrogen) atoms. The number of benzene rings is 3. The molecule has 0 N–H and O–H groups in total. The smallest absolute Gasteiger partial charge is 0.338 e. The van der Waals surface area contributed by atoms with Gasteiger partial charge in [0.15, 0.2) is 4.80 Å². The Bertz CT molecular complexity index is 1820. The SMILES string of the molecule is CCOC(=O)C1=C(c2ccccc2)N=c2s/c(=C/c3cc(C(C)C)c(OC)cc3C)c(=O)n2[C@H]1c1ccc(Cl)cc1. The Morgan fingerprint density at radius 1 is 1.12 bits per heavy atom. The zero-order valence-corrected chi connectivity index (χ0v) is 25.2. The van der Waals surface area contributed by atoms with Gasteiger partial charge in [-0.05, 0) is 72.4 Å². The summed E-state index contributed by atoms with van der Waals surface area (Å²) >= 11 is 7.52. The van der Waals surface area contributed by atoms with Crippen molar-refractivity contribution in [3.63, 3.8) is 0 Å². The van der Waals surface area contributed by atoms with Crippen LogP contribution in [0.4, 0.5) is 0 Å². The number of aromatic nitrogens is 1. The fraction of sp³-hybridized carbons (Fsp3) is 0.242. The molecule has 0 fully saturated rings. The molecular formula is C33H31ClN2O4S. The third kappa shape index (κ3) is 5.52. The number of ether oxygens (including phenoxy) is 2. The Hall–Kier alpha value is -3.94. The fourth-order valence-corrected chi connectivity index (χ4v) is 6.16. The minimum Gasteiger partial charge on any atom is -0.496 e. The van der Waals surface area contributed by atoms with Crippen molar-refractivity contribution in [2.75, 3.05) is 13.7 Å². The van der Waals surface area contributed by atoms with Crippen molar-refractivity contribution in [3.05, 3.63) is 125 Å². The predicted molar refractivity (Wildman–Crippen MR) is 164 cm³/mol. The van der Waals surface area contributed by atoms with Crippen LogP contribution in [-0.4, -0.2) is 24.3 Å². The van der Waals surface area contributed by atoms with E-state index in [4.69, 9.17) is 26.1 Å². The van der Waals surface area contributed by atoms with Crippen LogP contribution in [0.5, 0.6) is 5.75 Å². The van der Waals surface area contributed by atoms with Gasteiger partial charge in [0, 0.05) is 10.6 Å². The first-order valence-corrected chi connectivity index (χ1v) is 14.6. The highest BCUT2D eigenvalue weighted by molar-refractivity contribution is 7.07. The third-order valence-corrected chi connectivity index (χ3v) is 8.32. The van der Waals surface area contributed by atoms with Crippen molar-refractivity contribution in [3.8, 4) is 5.75 Å². The first-order valence-electron chi connectivity index (χ1n) is 13.5. The van der Waals surface area contributed by atoms with Crippen LogP contribution in [-0.2, 0) is 9.53 Å². The topological polar surface area (TPSA) is 69.9 Å². The van der Waals surface area contributed by atoms with Crippen LogP contribution >= 0.6 is 22.9 Å². The zero-order valence-electron chi connectivity index (χ0n) is 23.6. The van der Waals surface area contributed by atoms with Crippen LogP contribution in [0.3, 0.4) is 0 Å². The lowest BCUT2D eigenvalue weighted by molar-refractivity contribution is -0.138. The molecule has 1 aromatic heterocycles. The number of carbonyl (C=O) groups excluding carboxylic acids is 1. The van der Waals surface area contributed by atoms with E-state index in [1.165, 1.54) is 11.3 Å². The van der Waals surface area contributed by atoms with E-state index in [0.29, 0.717) is 25.6 Å². The van der Waals surface area contributed by atoms with Gasteiger partial charge in [-0.25, -0.2) is 9.79 Å². The summed E-state index contributed by atoms with van der Waals surface area (Å²) in [6.07, 6.45) is 1.90. The van der Waals surface area contributed by atoms with Crippen molar-refractivity contribution < 1.29 is 14.3 Å². The number of halogens is 1. The number of methoxy groups -OCH3 is 1. The first kappa shape index (κ1) is 28.6. The van der Waals surface area contributed by atoms with E-state index in [-0.39, 0.29) is 18.1 Å². The largest absolute Gasteiger partial charge is 0.496 e. The number of hydrogen-bond donors (Lipinski definition) is 0. The summed E-state index contributed by atoms with van der Waals surface area (Å²) in [7, 11) is 1.67. The fourth-order valence-electron chi connectivity index (χ4n) is 5.04. The lowest BCUT2D eigenvalue weighted by Gasteiger charge is -2.26. The summed E-state index contributed by atoms with van der Waals surface area (Å²) in [4.78, 5) is 33.1. The minimum absolute atomic E-state index is 0.192. The normalized spacial score (nSPS) is 15.1. The number of esters is 1. The molecule has 0 unspecified atom stereocenters. The van der Waals surface area contributed by atoms with Crippen molar-refractivity contribution >= 4 is 40.7 Å². The predicted octanol–water partition coefficient (Wildman–Crippen LogP) is 6.03. The molecule has 0 radical (unpaired) electrons. The molecule has 0 saturated heterocycles. The minimum atomic E-state index is -0.747. The van der Waals surface area contributed by atoms with Crippen LogP contribution in [0, 0.1) is 6.92 Å². The van der Waals surface area contributed by atoms with E-state index in [1.54, 1.807) is 30.7 Å². The first-order chi connectivity index (χ1) is 19.7. The molecule has 0 aliphatic carbocycles. The molecule has 6 nitrogen and oxygen atoms in total. The Morgan fingerprint density at radius 2 is 1.83 bits per heavy atom. The van der Waals surface area contributed by atoms with E-state index in [9.17, 15) is 9.59 Å². The number of aryl methyl sites for hydroxylation is 1. The molecule has 0 amide bonds. The van der Waals surface area contributed by atoms with Crippen LogP contribution < -0.4 is 19.6 Å². The number of nitrogens with zero attached hydrogens (tertiary/aromatic N) is 2. The van der Waals surface area contributed by atoms with Gasteiger partial charge in [0.2, 0.25) is 0 Å². The number of hydrogen-bond acceptors (Lipinski definition) is 6. The molecule has 5 rings (SSSR count). The Labute approximate surface area is 247 Å². The quantitative estimate of drug-likeness (QED) is 0.248. The van der Waals surface area contributed by atoms with Gasteiger partial charge < -0.3 is 9.47 Å². The third-order valence-electron chi connectivity index (χ3n) is 7.09. The molecule has 0 spiro atoms. The molecule has 1 aliphatic rings. The van der Waals surface area contributed by atoms with Gasteiger partial charge in [0.25, 0.3) is 5.56 Å². The zero-order chi connectivity index (χ0) is 29.3. The molecule has 210 valence electrons. The summed E-state index contributed by atoms with van der Waals surface area (Å²) in [5, 5.41) is 0.557. The average Bonchev–Trinajstić information content (AvgIpc) is 3.28. The second kappa shape index (κ2) is 11.9. The summed E-state index contributed by atoms with van der Waals surface area (Å²) in [5.41, 5.74) is 5.03. The number of carbonyl (C=O) groups is 1. The average molecular weight is 587 g/mol. The second-order valence-corrected chi connectivity index (χ2v) is 11.5. The van der Waals surface area contributed by atoms with Crippen LogP contribution in [0.1, 0.15) is 60.5 Å². The van der Waals surface area contributed by atoms with Crippen molar-refractivity contribution in [2.24, 2.45) is 4.99 Å². The monoisotopic (exact) mass is 586 g/mol. The van der Waals surface area contributed by atoms with Crippen LogP contribution in [0.25, 0.3) is 11.8 Å². The molecular weight excluding hydrogens is 556 g/mol. The maximum Gasteiger partial charge on any atom is 0.338 e. The van der Waals surface area contributed by atoms with Crippen LogP contribution in [0.15, 0.2) is 82.1 Å². The molecule has 1 aliphatic heterocycles. The maximum absolute atomic E-state index is 14.1. The lowest BCUT2D eigenvalue weighted by Crippen LogP contribution is -2.40. The summed E-state index contributed by atoms with van der Waals surface area (Å²) in [6, 6.07) is 20.0. The van der Waals surface area contributed by atoms with E-state index in [0.717, 1.165) is 33.6 Å². The van der Waals surface area contributed by atoms with Gasteiger partial charge in [0.05, 0.1) is 35.6 Å². The number of fused-ring (bicyclic) bond motifs is 1. The Morgan fingerprint density at radius 3 is 2.46 bits per heavy atom. The lowest BCUT2D eigenvalue weighted by atomic mass is 9.93. The second-order valence-electron chi connectivity index (χ2n) is 10.1. The van der Waals surface area contributed by atoms with Crippen molar-refractivity contribution in [1.82, 2.24) is 4.57 Å². The molecule has 4 aromatic rings. The summed E-state index contributed by atoms with van der Waals surface area (Å²) in [6.45, 7) is 8.17. The van der Waals surface area contributed by atoms with Gasteiger partial charge in [0.1, 0.15) is 5.75 Å². The molecule has 0 saturated carbocycles. The van der Waals surface area contributed by atoms with Gasteiger partial charge in [-0.2, -0.15) is 0 Å². The highest BCUT2D eigenvalue weighted by Gasteiger charge is 2.35. The van der Waals surface area contributed by atoms with Crippen molar-refractivity contribution in [2.45, 2.75) is 39.7 Å². The summed E-state index contributed by atoms with van der Waals surface area (Å²) < 4.78 is 13.3. The number of rotatable bonds is 7. The molecule has 1 atom stereocenters. The number of thiazole rings is 1. The van der Waals surface area contributed by atoms with Crippen LogP contribution in [0.2, 0.25) is 5.02 Å². The van der Waals surface area contributed by atoms with Gasteiger partial charge in [-0.1, -0.05) is 79.2 Å². The van der Waals surface area contributed by atoms with Gasteiger partial charge in [-0.15, -0.1) is 0 Å². The van der Waals surface area contributed by atoms with E-state index >= 15 is 0 Å². The van der Waals surface area contributed by atoms with E-state index in [2.05, 4.69) is 19.9 Å². The van der Waals surface area contributed by atoms with E-state index in [1.807, 2.05) is 61.5 Å². The Balaban J connectivity index is 1.81. The summed E-state index contributed by atoms with van der Waals surface area (Å²) in [5.74, 6) is 0.548. The van der Waals surface area contributed by atoms with Gasteiger partial charge in [-0.3, -0.25) is 9.36 Å². The highest BCUT2D eigenvalue weighted by Crippen LogP contribution is 2.35. The highest BCUT2D eigenvalue weighted by atomic mass is 35.5. The standard InChI is InChI=1S/C33H31ClN2O4S/c1-6-40-32(38)28-29(21-10-8-7-9-11-21)35-33-36(30(28)22-12-14-24(34)15-13-22)31(37)27(41-33)18-23-17-25(19(2)3)26(39-5)16-20(23)4/h7-19,30H,6H2,1-5H3/b27-18+/t30-/m0/s1. The van der Waals surface area contributed by atoms with Gasteiger partial charge >= 0.3 is 5.97 Å².